The van der Waals surface area contributed by atoms with Gasteiger partial charge in [-0.25, -0.2) is 0 Å². The Morgan fingerprint density at radius 2 is 2.00 bits per heavy atom. The number of benzene rings is 1. The van der Waals surface area contributed by atoms with Crippen molar-refractivity contribution in [2.75, 3.05) is 19.7 Å². The molecule has 1 aromatic carbocycles. The molecule has 2 unspecified atom stereocenters. The second kappa shape index (κ2) is 7.04. The van der Waals surface area contributed by atoms with E-state index in [1.54, 1.807) is 0 Å². The van der Waals surface area contributed by atoms with E-state index in [1.165, 1.54) is 11.1 Å². The number of ether oxygens (including phenoxy) is 2. The minimum atomic E-state index is 0.179. The van der Waals surface area contributed by atoms with Gasteiger partial charge < -0.3 is 14.8 Å². The smallest absolute Gasteiger partial charge is 0.0936 e. The fourth-order valence-electron chi connectivity index (χ4n) is 2.28. The predicted octanol–water partition coefficient (Wildman–Crippen LogP) is 2.70. The molecule has 19 heavy (non-hydrogen) atoms. The number of morpholine rings is 1. The highest BCUT2D eigenvalue weighted by Gasteiger charge is 2.18. The molecule has 2 rings (SSSR count). The first-order chi connectivity index (χ1) is 9.15. The van der Waals surface area contributed by atoms with Crippen molar-refractivity contribution >= 4 is 0 Å². The molecule has 0 bridgehead atoms. The van der Waals surface area contributed by atoms with E-state index in [0.29, 0.717) is 19.1 Å². The molecule has 0 saturated carbocycles. The summed E-state index contributed by atoms with van der Waals surface area (Å²) < 4.78 is 11.5. The summed E-state index contributed by atoms with van der Waals surface area (Å²) in [5.41, 5.74) is 2.60. The van der Waals surface area contributed by atoms with Crippen molar-refractivity contribution in [2.45, 2.75) is 45.5 Å². The Balaban J connectivity index is 1.73. The van der Waals surface area contributed by atoms with Crippen LogP contribution in [0.15, 0.2) is 24.3 Å². The molecule has 1 aliphatic rings. The molecule has 106 valence electrons. The molecule has 1 heterocycles. The third kappa shape index (κ3) is 4.60. The Morgan fingerprint density at radius 3 is 2.63 bits per heavy atom. The van der Waals surface area contributed by atoms with Crippen molar-refractivity contribution in [1.82, 2.24) is 5.32 Å². The van der Waals surface area contributed by atoms with E-state index in [0.717, 1.165) is 13.1 Å². The summed E-state index contributed by atoms with van der Waals surface area (Å²) in [6, 6.07) is 8.67. The fourth-order valence-corrected chi connectivity index (χ4v) is 2.28. The average molecular weight is 263 g/mol. The van der Waals surface area contributed by atoms with Gasteiger partial charge >= 0.3 is 0 Å². The van der Waals surface area contributed by atoms with Crippen LogP contribution in [-0.4, -0.2) is 31.9 Å². The fraction of sp³-hybridized carbons (Fsp3) is 0.625. The van der Waals surface area contributed by atoms with Gasteiger partial charge in [-0.05, 0) is 24.0 Å². The van der Waals surface area contributed by atoms with Gasteiger partial charge in [0.2, 0.25) is 0 Å². The quantitative estimate of drug-likeness (QED) is 0.886. The molecule has 1 saturated heterocycles. The standard InChI is InChI=1S/C16H25NO2/c1-12(2)15-6-4-14(5-7-15)10-18-11-16-9-17-8-13(3)19-16/h4-7,12-13,16-17H,8-11H2,1-3H3. The number of rotatable bonds is 5. The zero-order valence-electron chi connectivity index (χ0n) is 12.2. The first-order valence-corrected chi connectivity index (χ1v) is 7.18. The highest BCUT2D eigenvalue weighted by Crippen LogP contribution is 2.15. The second-order valence-corrected chi connectivity index (χ2v) is 5.64. The molecular weight excluding hydrogens is 238 g/mol. The van der Waals surface area contributed by atoms with Gasteiger partial charge in [0.05, 0.1) is 25.4 Å². The molecule has 1 N–H and O–H groups in total. The van der Waals surface area contributed by atoms with Crippen molar-refractivity contribution in [2.24, 2.45) is 0 Å². The molecule has 1 fully saturated rings. The van der Waals surface area contributed by atoms with Crippen molar-refractivity contribution in [3.8, 4) is 0 Å². The summed E-state index contributed by atoms with van der Waals surface area (Å²) in [5.74, 6) is 0.582. The van der Waals surface area contributed by atoms with E-state index in [-0.39, 0.29) is 12.2 Å². The summed E-state index contributed by atoms with van der Waals surface area (Å²) in [4.78, 5) is 0. The van der Waals surface area contributed by atoms with Crippen LogP contribution < -0.4 is 5.32 Å². The van der Waals surface area contributed by atoms with Gasteiger partial charge in [-0.1, -0.05) is 38.1 Å². The van der Waals surface area contributed by atoms with Crippen molar-refractivity contribution < 1.29 is 9.47 Å². The van der Waals surface area contributed by atoms with Crippen LogP contribution in [0.3, 0.4) is 0 Å². The third-order valence-corrected chi connectivity index (χ3v) is 3.45. The third-order valence-electron chi connectivity index (χ3n) is 3.45. The summed E-state index contributed by atoms with van der Waals surface area (Å²) in [7, 11) is 0. The van der Waals surface area contributed by atoms with E-state index in [9.17, 15) is 0 Å². The lowest BCUT2D eigenvalue weighted by Crippen LogP contribution is -2.45. The van der Waals surface area contributed by atoms with Crippen LogP contribution in [0.4, 0.5) is 0 Å². The Hall–Kier alpha value is -0.900. The van der Waals surface area contributed by atoms with Crippen molar-refractivity contribution in [1.29, 1.82) is 0 Å². The molecule has 3 heteroatoms. The Bertz CT molecular complexity index is 375. The normalized spacial score (nSPS) is 23.8. The molecule has 2 atom stereocenters. The van der Waals surface area contributed by atoms with Gasteiger partial charge in [0.25, 0.3) is 0 Å². The highest BCUT2D eigenvalue weighted by atomic mass is 16.5. The minimum Gasteiger partial charge on any atom is -0.374 e. The van der Waals surface area contributed by atoms with Gasteiger partial charge in [-0.3, -0.25) is 0 Å². The van der Waals surface area contributed by atoms with Gasteiger partial charge in [0.1, 0.15) is 0 Å². The van der Waals surface area contributed by atoms with E-state index in [1.807, 2.05) is 0 Å². The van der Waals surface area contributed by atoms with E-state index >= 15 is 0 Å². The largest absolute Gasteiger partial charge is 0.374 e. The van der Waals surface area contributed by atoms with Crippen LogP contribution in [0.5, 0.6) is 0 Å². The van der Waals surface area contributed by atoms with Gasteiger partial charge in [0, 0.05) is 13.1 Å². The van der Waals surface area contributed by atoms with Crippen LogP contribution in [0, 0.1) is 0 Å². The molecule has 3 nitrogen and oxygen atoms in total. The maximum Gasteiger partial charge on any atom is 0.0936 e. The first-order valence-electron chi connectivity index (χ1n) is 7.18. The SMILES string of the molecule is CC1CNCC(COCc2ccc(C(C)C)cc2)O1. The summed E-state index contributed by atoms with van der Waals surface area (Å²) in [6.07, 6.45) is 0.464. The lowest BCUT2D eigenvalue weighted by molar-refractivity contribution is -0.0716. The highest BCUT2D eigenvalue weighted by molar-refractivity contribution is 5.24. The van der Waals surface area contributed by atoms with Gasteiger partial charge in [0.15, 0.2) is 0 Å². The predicted molar refractivity (Wildman–Crippen MR) is 77.4 cm³/mol. The zero-order valence-corrected chi connectivity index (χ0v) is 12.2. The summed E-state index contributed by atoms with van der Waals surface area (Å²) >= 11 is 0. The van der Waals surface area contributed by atoms with E-state index in [4.69, 9.17) is 9.47 Å². The summed E-state index contributed by atoms with van der Waals surface area (Å²) in [5, 5.41) is 3.35. The number of hydrogen-bond acceptors (Lipinski definition) is 3. The second-order valence-electron chi connectivity index (χ2n) is 5.64. The molecule has 1 aromatic rings. The molecule has 0 aliphatic carbocycles. The Morgan fingerprint density at radius 1 is 1.26 bits per heavy atom. The van der Waals surface area contributed by atoms with Crippen LogP contribution in [0.25, 0.3) is 0 Å². The first kappa shape index (κ1) is 14.5. The van der Waals surface area contributed by atoms with Gasteiger partial charge in [-0.2, -0.15) is 0 Å². The molecule has 0 spiro atoms. The molecule has 0 amide bonds. The molecule has 0 aromatic heterocycles. The molecule has 1 aliphatic heterocycles. The number of hydrogen-bond donors (Lipinski definition) is 1. The minimum absolute atomic E-state index is 0.179. The van der Waals surface area contributed by atoms with Crippen molar-refractivity contribution in [3.63, 3.8) is 0 Å². The molecule has 0 radical (unpaired) electrons. The van der Waals surface area contributed by atoms with E-state index < -0.39 is 0 Å². The zero-order chi connectivity index (χ0) is 13.7. The Kier molecular flexibility index (Phi) is 5.37. The number of nitrogens with one attached hydrogen (secondary N) is 1. The van der Waals surface area contributed by atoms with E-state index in [2.05, 4.69) is 50.4 Å². The monoisotopic (exact) mass is 263 g/mol. The topological polar surface area (TPSA) is 30.5 Å². The van der Waals surface area contributed by atoms with Crippen LogP contribution in [0.2, 0.25) is 0 Å². The molecular formula is C16H25NO2. The lowest BCUT2D eigenvalue weighted by Gasteiger charge is -2.28. The average Bonchev–Trinajstić information content (AvgIpc) is 2.39. The van der Waals surface area contributed by atoms with Crippen LogP contribution in [-0.2, 0) is 16.1 Å². The van der Waals surface area contributed by atoms with Crippen molar-refractivity contribution in [3.05, 3.63) is 35.4 Å². The maximum absolute atomic E-state index is 5.79. The van der Waals surface area contributed by atoms with Crippen LogP contribution >= 0.6 is 0 Å². The summed E-state index contributed by atoms with van der Waals surface area (Å²) in [6.45, 7) is 9.64. The lowest BCUT2D eigenvalue weighted by atomic mass is 10.0. The Labute approximate surface area is 116 Å². The van der Waals surface area contributed by atoms with Crippen LogP contribution in [0.1, 0.15) is 37.8 Å². The maximum atomic E-state index is 5.79. The van der Waals surface area contributed by atoms with Gasteiger partial charge in [-0.15, -0.1) is 0 Å².